The number of nitrogens with one attached hydrogen (secondary N) is 1. The van der Waals surface area contributed by atoms with Crippen molar-refractivity contribution in [2.45, 2.75) is 39.3 Å². The monoisotopic (exact) mass is 258 g/mol. The second-order valence-corrected chi connectivity index (χ2v) is 4.74. The normalized spacial score (nSPS) is 12.8. The first kappa shape index (κ1) is 14.1. The number of carbonyl (C=O) groups excluding carboxylic acids is 1. The van der Waals surface area contributed by atoms with E-state index in [0.29, 0.717) is 17.1 Å². The Hall–Kier alpha value is -1.00. The summed E-state index contributed by atoms with van der Waals surface area (Å²) in [5.41, 5.74) is 0.525. The van der Waals surface area contributed by atoms with Crippen molar-refractivity contribution in [2.24, 2.45) is 0 Å². The van der Waals surface area contributed by atoms with Crippen LogP contribution in [0, 0.1) is 0 Å². The minimum atomic E-state index is -0.211. The lowest BCUT2D eigenvalue weighted by molar-refractivity contribution is 0.0904. The number of halogens is 1. The number of rotatable bonds is 5. The van der Waals surface area contributed by atoms with E-state index in [2.05, 4.69) is 5.32 Å². The molecule has 0 fully saturated rings. The van der Waals surface area contributed by atoms with Crippen LogP contribution in [0.25, 0.3) is 0 Å². The van der Waals surface area contributed by atoms with Crippen LogP contribution in [-0.2, 0) is 0 Å². The van der Waals surface area contributed by atoms with E-state index >= 15 is 0 Å². The molecule has 0 aliphatic carbocycles. The van der Waals surface area contributed by atoms with Crippen LogP contribution in [0.4, 0.5) is 0 Å². The summed E-state index contributed by atoms with van der Waals surface area (Å²) in [6.45, 7) is 5.82. The molecule has 4 nitrogen and oxygen atoms in total. The Labute approximate surface area is 107 Å². The number of amides is 1. The molecule has 1 atom stereocenters. The third-order valence-electron chi connectivity index (χ3n) is 2.65. The van der Waals surface area contributed by atoms with Crippen LogP contribution >= 0.6 is 11.6 Å². The SMILES string of the molecule is CCC(CO)NC(=O)c1cc(Cl)cn1C(C)C. The maximum absolute atomic E-state index is 12.0. The predicted octanol–water partition coefficient (Wildman–Crippen LogP) is 2.22. The van der Waals surface area contributed by atoms with Crippen LogP contribution < -0.4 is 5.32 Å². The Morgan fingerprint density at radius 2 is 2.24 bits per heavy atom. The van der Waals surface area contributed by atoms with Gasteiger partial charge in [0.25, 0.3) is 5.91 Å². The zero-order valence-corrected chi connectivity index (χ0v) is 11.2. The van der Waals surface area contributed by atoms with Crippen LogP contribution in [0.15, 0.2) is 12.3 Å². The summed E-state index contributed by atoms with van der Waals surface area (Å²) in [6, 6.07) is 1.59. The largest absolute Gasteiger partial charge is 0.394 e. The van der Waals surface area contributed by atoms with Crippen LogP contribution in [0.3, 0.4) is 0 Å². The number of aliphatic hydroxyl groups is 1. The molecule has 5 heteroatoms. The van der Waals surface area contributed by atoms with Gasteiger partial charge in [-0.1, -0.05) is 18.5 Å². The lowest BCUT2D eigenvalue weighted by atomic mass is 10.2. The topological polar surface area (TPSA) is 54.3 Å². The van der Waals surface area contributed by atoms with Crippen LogP contribution in [0.5, 0.6) is 0 Å². The van der Waals surface area contributed by atoms with Gasteiger partial charge in [0.1, 0.15) is 5.69 Å². The molecule has 1 heterocycles. The van der Waals surface area contributed by atoms with E-state index in [1.807, 2.05) is 25.3 Å². The summed E-state index contributed by atoms with van der Waals surface area (Å²) < 4.78 is 1.82. The van der Waals surface area contributed by atoms with Gasteiger partial charge in [0, 0.05) is 12.2 Å². The lowest BCUT2D eigenvalue weighted by Gasteiger charge is -2.16. The first-order valence-electron chi connectivity index (χ1n) is 5.78. The molecule has 96 valence electrons. The molecular weight excluding hydrogens is 240 g/mol. The fourth-order valence-electron chi connectivity index (χ4n) is 1.59. The molecule has 17 heavy (non-hydrogen) atoms. The summed E-state index contributed by atoms with van der Waals surface area (Å²) in [7, 11) is 0. The second kappa shape index (κ2) is 6.07. The van der Waals surface area contributed by atoms with Gasteiger partial charge in [0.05, 0.1) is 17.7 Å². The lowest BCUT2D eigenvalue weighted by Crippen LogP contribution is -2.38. The van der Waals surface area contributed by atoms with Gasteiger partial charge in [-0.15, -0.1) is 0 Å². The smallest absolute Gasteiger partial charge is 0.268 e. The zero-order chi connectivity index (χ0) is 13.0. The highest BCUT2D eigenvalue weighted by Gasteiger charge is 2.17. The van der Waals surface area contributed by atoms with Crippen molar-refractivity contribution >= 4 is 17.5 Å². The quantitative estimate of drug-likeness (QED) is 0.851. The summed E-state index contributed by atoms with van der Waals surface area (Å²) in [5, 5.41) is 12.4. The molecule has 1 unspecified atom stereocenters. The highest BCUT2D eigenvalue weighted by molar-refractivity contribution is 6.31. The van der Waals surface area contributed by atoms with Crippen molar-refractivity contribution in [3.8, 4) is 0 Å². The Morgan fingerprint density at radius 3 is 2.71 bits per heavy atom. The first-order valence-corrected chi connectivity index (χ1v) is 6.16. The maximum Gasteiger partial charge on any atom is 0.268 e. The Bertz CT molecular complexity index is 384. The Balaban J connectivity index is 2.88. The van der Waals surface area contributed by atoms with E-state index < -0.39 is 0 Å². The number of nitrogens with zero attached hydrogens (tertiary/aromatic N) is 1. The van der Waals surface area contributed by atoms with Gasteiger partial charge in [0.2, 0.25) is 0 Å². The van der Waals surface area contributed by atoms with Gasteiger partial charge in [0.15, 0.2) is 0 Å². The first-order chi connectivity index (χ1) is 7.99. The number of hydrogen-bond donors (Lipinski definition) is 2. The summed E-state index contributed by atoms with van der Waals surface area (Å²) in [5.74, 6) is -0.202. The van der Waals surface area contributed by atoms with E-state index in [4.69, 9.17) is 16.7 Å². The van der Waals surface area contributed by atoms with Gasteiger partial charge in [-0.05, 0) is 26.3 Å². The number of carbonyl (C=O) groups is 1. The predicted molar refractivity (Wildman–Crippen MR) is 68.5 cm³/mol. The van der Waals surface area contributed by atoms with Crippen molar-refractivity contribution in [1.29, 1.82) is 0 Å². The average Bonchev–Trinajstić information content (AvgIpc) is 2.68. The number of aromatic nitrogens is 1. The molecule has 0 aliphatic heterocycles. The van der Waals surface area contributed by atoms with Crippen molar-refractivity contribution in [1.82, 2.24) is 9.88 Å². The Morgan fingerprint density at radius 1 is 1.59 bits per heavy atom. The molecule has 0 radical (unpaired) electrons. The van der Waals surface area contributed by atoms with Crippen molar-refractivity contribution in [3.63, 3.8) is 0 Å². The molecule has 0 spiro atoms. The second-order valence-electron chi connectivity index (χ2n) is 4.31. The van der Waals surface area contributed by atoms with Gasteiger partial charge in [-0.3, -0.25) is 4.79 Å². The van der Waals surface area contributed by atoms with E-state index in [9.17, 15) is 4.79 Å². The number of aliphatic hydroxyl groups excluding tert-OH is 1. The fourth-order valence-corrected chi connectivity index (χ4v) is 1.80. The van der Waals surface area contributed by atoms with Crippen LogP contribution in [-0.4, -0.2) is 28.2 Å². The molecule has 1 aromatic heterocycles. The molecule has 0 saturated heterocycles. The molecule has 1 aromatic rings. The van der Waals surface area contributed by atoms with Crippen molar-refractivity contribution < 1.29 is 9.90 Å². The molecule has 0 aromatic carbocycles. The molecule has 1 amide bonds. The molecule has 0 aliphatic rings. The third-order valence-corrected chi connectivity index (χ3v) is 2.86. The van der Waals surface area contributed by atoms with Crippen LogP contribution in [0.2, 0.25) is 5.02 Å². The molecule has 0 saturated carbocycles. The summed E-state index contributed by atoms with van der Waals surface area (Å²) in [6.07, 6.45) is 2.43. The van der Waals surface area contributed by atoms with Crippen molar-refractivity contribution in [3.05, 3.63) is 23.0 Å². The zero-order valence-electron chi connectivity index (χ0n) is 10.4. The molecule has 0 bridgehead atoms. The highest BCUT2D eigenvalue weighted by atomic mass is 35.5. The standard InChI is InChI=1S/C12H19ClN2O2/c1-4-10(7-16)14-12(17)11-5-9(13)6-15(11)8(2)3/h5-6,8,10,16H,4,7H2,1-3H3,(H,14,17). The van der Waals surface area contributed by atoms with Gasteiger partial charge >= 0.3 is 0 Å². The van der Waals surface area contributed by atoms with E-state index in [1.165, 1.54) is 0 Å². The molecular formula is C12H19ClN2O2. The van der Waals surface area contributed by atoms with E-state index in [0.717, 1.165) is 0 Å². The minimum Gasteiger partial charge on any atom is -0.394 e. The van der Waals surface area contributed by atoms with Gasteiger partial charge < -0.3 is 15.0 Å². The Kier molecular flexibility index (Phi) is 5.02. The van der Waals surface area contributed by atoms with Gasteiger partial charge in [-0.2, -0.15) is 0 Å². The molecule has 2 N–H and O–H groups in total. The fraction of sp³-hybridized carbons (Fsp3) is 0.583. The van der Waals surface area contributed by atoms with E-state index in [-0.39, 0.29) is 24.6 Å². The summed E-state index contributed by atoms with van der Waals surface area (Å²) in [4.78, 5) is 12.0. The highest BCUT2D eigenvalue weighted by Crippen LogP contribution is 2.18. The molecule has 1 rings (SSSR count). The van der Waals surface area contributed by atoms with E-state index in [1.54, 1.807) is 12.3 Å². The number of hydrogen-bond acceptors (Lipinski definition) is 2. The van der Waals surface area contributed by atoms with Gasteiger partial charge in [-0.25, -0.2) is 0 Å². The minimum absolute atomic E-state index is 0.0572. The average molecular weight is 259 g/mol. The summed E-state index contributed by atoms with van der Waals surface area (Å²) >= 11 is 5.91. The van der Waals surface area contributed by atoms with Crippen molar-refractivity contribution in [2.75, 3.05) is 6.61 Å². The third kappa shape index (κ3) is 3.48. The van der Waals surface area contributed by atoms with Crippen LogP contribution in [0.1, 0.15) is 43.7 Å². The maximum atomic E-state index is 12.0.